The molecule has 1 aromatic rings. The summed E-state index contributed by atoms with van der Waals surface area (Å²) in [6.07, 6.45) is 1.66. The molecule has 0 aromatic carbocycles. The van der Waals surface area contributed by atoms with Gasteiger partial charge in [0.1, 0.15) is 5.82 Å². The first-order chi connectivity index (χ1) is 8.38. The van der Waals surface area contributed by atoms with Gasteiger partial charge in [-0.15, -0.1) is 0 Å². The van der Waals surface area contributed by atoms with Crippen LogP contribution in [-0.2, 0) is 0 Å². The van der Waals surface area contributed by atoms with Gasteiger partial charge in [-0.2, -0.15) is 5.26 Å². The molecule has 0 bridgehead atoms. The Morgan fingerprint density at radius 2 is 2.29 bits per heavy atom. The Hall–Kier alpha value is -1.64. The van der Waals surface area contributed by atoms with Crippen molar-refractivity contribution in [3.63, 3.8) is 0 Å². The third-order valence-corrected chi connectivity index (χ3v) is 2.83. The highest BCUT2D eigenvalue weighted by Gasteiger charge is 2.08. The SMILES string of the molecule is N#Cc1ccnc(NCCN2CCNCC2)c1. The van der Waals surface area contributed by atoms with Gasteiger partial charge in [-0.05, 0) is 12.1 Å². The molecule has 0 amide bonds. The van der Waals surface area contributed by atoms with E-state index >= 15 is 0 Å². The van der Waals surface area contributed by atoms with E-state index in [0.717, 1.165) is 45.1 Å². The molecule has 2 heterocycles. The second-order valence-corrected chi connectivity index (χ2v) is 4.06. The lowest BCUT2D eigenvalue weighted by atomic mass is 10.3. The quantitative estimate of drug-likeness (QED) is 0.779. The summed E-state index contributed by atoms with van der Waals surface area (Å²) in [4.78, 5) is 6.59. The van der Waals surface area contributed by atoms with E-state index in [4.69, 9.17) is 5.26 Å². The molecule has 1 saturated heterocycles. The highest BCUT2D eigenvalue weighted by Crippen LogP contribution is 2.05. The lowest BCUT2D eigenvalue weighted by Crippen LogP contribution is -2.45. The number of nitriles is 1. The van der Waals surface area contributed by atoms with E-state index in [1.54, 1.807) is 18.3 Å². The van der Waals surface area contributed by atoms with Crippen LogP contribution >= 0.6 is 0 Å². The Morgan fingerprint density at radius 1 is 1.47 bits per heavy atom. The number of nitrogens with one attached hydrogen (secondary N) is 2. The predicted molar refractivity (Wildman–Crippen MR) is 66.8 cm³/mol. The van der Waals surface area contributed by atoms with E-state index in [2.05, 4.69) is 26.6 Å². The van der Waals surface area contributed by atoms with Gasteiger partial charge in [0.05, 0.1) is 11.6 Å². The Balaban J connectivity index is 1.75. The number of piperazine rings is 1. The van der Waals surface area contributed by atoms with Crippen LogP contribution in [-0.4, -0.2) is 49.2 Å². The number of aromatic nitrogens is 1. The van der Waals surface area contributed by atoms with Crippen LogP contribution in [0.15, 0.2) is 18.3 Å². The summed E-state index contributed by atoms with van der Waals surface area (Å²) >= 11 is 0. The lowest BCUT2D eigenvalue weighted by molar-refractivity contribution is 0.249. The van der Waals surface area contributed by atoms with Crippen LogP contribution in [0.1, 0.15) is 5.56 Å². The summed E-state index contributed by atoms with van der Waals surface area (Å²) in [7, 11) is 0. The Morgan fingerprint density at radius 3 is 3.06 bits per heavy atom. The first-order valence-corrected chi connectivity index (χ1v) is 5.91. The van der Waals surface area contributed by atoms with Crippen LogP contribution in [0, 0.1) is 11.3 Å². The molecule has 0 aliphatic carbocycles. The van der Waals surface area contributed by atoms with Crippen LogP contribution < -0.4 is 10.6 Å². The predicted octanol–water partition coefficient (Wildman–Crippen LogP) is 0.270. The second-order valence-electron chi connectivity index (χ2n) is 4.06. The van der Waals surface area contributed by atoms with Crippen LogP contribution in [0.3, 0.4) is 0 Å². The zero-order chi connectivity index (χ0) is 11.9. The molecule has 5 heteroatoms. The van der Waals surface area contributed by atoms with Gasteiger partial charge in [0.15, 0.2) is 0 Å². The molecule has 5 nitrogen and oxygen atoms in total. The highest BCUT2D eigenvalue weighted by atomic mass is 15.2. The number of anilines is 1. The van der Waals surface area contributed by atoms with E-state index in [-0.39, 0.29) is 0 Å². The third kappa shape index (κ3) is 3.70. The Labute approximate surface area is 101 Å². The first kappa shape index (κ1) is 11.8. The molecule has 0 spiro atoms. The lowest BCUT2D eigenvalue weighted by Gasteiger charge is -2.27. The average molecular weight is 231 g/mol. The van der Waals surface area contributed by atoms with Crippen molar-refractivity contribution >= 4 is 5.82 Å². The molecular weight excluding hydrogens is 214 g/mol. The molecule has 0 radical (unpaired) electrons. The zero-order valence-electron chi connectivity index (χ0n) is 9.82. The van der Waals surface area contributed by atoms with Crippen molar-refractivity contribution in [3.05, 3.63) is 23.9 Å². The van der Waals surface area contributed by atoms with Gasteiger partial charge in [0.2, 0.25) is 0 Å². The Kier molecular flexibility index (Phi) is 4.30. The summed E-state index contributed by atoms with van der Waals surface area (Å²) < 4.78 is 0. The number of hydrogen-bond acceptors (Lipinski definition) is 5. The molecule has 1 aromatic heterocycles. The standard InChI is InChI=1S/C12H17N5/c13-10-11-1-2-15-12(9-11)16-5-8-17-6-3-14-4-7-17/h1-2,9,14H,3-8H2,(H,15,16). The number of hydrogen-bond donors (Lipinski definition) is 2. The first-order valence-electron chi connectivity index (χ1n) is 5.91. The number of nitrogens with zero attached hydrogens (tertiary/aromatic N) is 3. The fraction of sp³-hybridized carbons (Fsp3) is 0.500. The van der Waals surface area contributed by atoms with Gasteiger partial charge in [-0.3, -0.25) is 4.90 Å². The van der Waals surface area contributed by atoms with Gasteiger partial charge in [0.25, 0.3) is 0 Å². The maximum Gasteiger partial charge on any atom is 0.127 e. The van der Waals surface area contributed by atoms with Crippen molar-refractivity contribution in [2.45, 2.75) is 0 Å². The fourth-order valence-electron chi connectivity index (χ4n) is 1.87. The molecule has 2 N–H and O–H groups in total. The van der Waals surface area contributed by atoms with E-state index in [1.165, 1.54) is 0 Å². The third-order valence-electron chi connectivity index (χ3n) is 2.83. The van der Waals surface area contributed by atoms with Crippen molar-refractivity contribution in [2.75, 3.05) is 44.6 Å². The summed E-state index contributed by atoms with van der Waals surface area (Å²) in [5.74, 6) is 0.777. The smallest absolute Gasteiger partial charge is 0.127 e. The summed E-state index contributed by atoms with van der Waals surface area (Å²) in [6.45, 7) is 6.23. The van der Waals surface area contributed by atoms with Gasteiger partial charge >= 0.3 is 0 Å². The fourth-order valence-corrected chi connectivity index (χ4v) is 1.87. The molecular formula is C12H17N5. The van der Waals surface area contributed by atoms with Gasteiger partial charge < -0.3 is 10.6 Å². The van der Waals surface area contributed by atoms with Crippen LogP contribution in [0.2, 0.25) is 0 Å². The van der Waals surface area contributed by atoms with Crippen molar-refractivity contribution in [1.29, 1.82) is 5.26 Å². The van der Waals surface area contributed by atoms with E-state index < -0.39 is 0 Å². The minimum Gasteiger partial charge on any atom is -0.369 e. The number of rotatable bonds is 4. The van der Waals surface area contributed by atoms with Gasteiger partial charge in [0, 0.05) is 45.5 Å². The molecule has 1 aliphatic heterocycles. The van der Waals surface area contributed by atoms with E-state index in [1.807, 2.05) is 0 Å². The number of pyridine rings is 1. The van der Waals surface area contributed by atoms with Crippen molar-refractivity contribution in [3.8, 4) is 6.07 Å². The highest BCUT2D eigenvalue weighted by molar-refractivity contribution is 5.42. The van der Waals surface area contributed by atoms with Crippen LogP contribution in [0.5, 0.6) is 0 Å². The molecule has 0 atom stereocenters. The van der Waals surface area contributed by atoms with Crippen molar-refractivity contribution in [1.82, 2.24) is 15.2 Å². The molecule has 0 unspecified atom stereocenters. The molecule has 90 valence electrons. The maximum absolute atomic E-state index is 8.77. The topological polar surface area (TPSA) is 64.0 Å². The van der Waals surface area contributed by atoms with Crippen LogP contribution in [0.4, 0.5) is 5.82 Å². The van der Waals surface area contributed by atoms with Crippen LogP contribution in [0.25, 0.3) is 0 Å². The minimum absolute atomic E-state index is 0.643. The summed E-state index contributed by atoms with van der Waals surface area (Å²) in [5.41, 5.74) is 0.643. The Bertz CT molecular complexity index is 392. The maximum atomic E-state index is 8.77. The second kappa shape index (κ2) is 6.18. The normalized spacial score (nSPS) is 16.4. The van der Waals surface area contributed by atoms with Gasteiger partial charge in [-0.1, -0.05) is 0 Å². The largest absolute Gasteiger partial charge is 0.369 e. The minimum atomic E-state index is 0.643. The van der Waals surface area contributed by atoms with Crippen molar-refractivity contribution in [2.24, 2.45) is 0 Å². The van der Waals surface area contributed by atoms with E-state index in [0.29, 0.717) is 5.56 Å². The van der Waals surface area contributed by atoms with E-state index in [9.17, 15) is 0 Å². The summed E-state index contributed by atoms with van der Waals surface area (Å²) in [5, 5.41) is 15.3. The molecule has 1 aliphatic rings. The molecule has 0 saturated carbocycles. The van der Waals surface area contributed by atoms with Crippen molar-refractivity contribution < 1.29 is 0 Å². The molecule has 1 fully saturated rings. The average Bonchev–Trinajstić information content (AvgIpc) is 2.40. The monoisotopic (exact) mass is 231 g/mol. The molecule has 17 heavy (non-hydrogen) atoms. The van der Waals surface area contributed by atoms with Gasteiger partial charge in [-0.25, -0.2) is 4.98 Å². The zero-order valence-corrected chi connectivity index (χ0v) is 9.82. The summed E-state index contributed by atoms with van der Waals surface area (Å²) in [6, 6.07) is 5.59. The molecule has 2 rings (SSSR count).